The van der Waals surface area contributed by atoms with Crippen LogP contribution in [0.25, 0.3) is 0 Å². The number of rotatable bonds is 8. The molecule has 3 N–H and O–H groups in total. The number of carbonyl (C=O) groups excluding carboxylic acids is 1. The second-order valence-electron chi connectivity index (χ2n) is 11.0. The minimum absolute atomic E-state index is 0.0389. The first kappa shape index (κ1) is 28.6. The number of ether oxygens (including phenoxy) is 2. The first-order chi connectivity index (χ1) is 19.2. The van der Waals surface area contributed by atoms with Gasteiger partial charge < -0.3 is 24.8 Å². The lowest BCUT2D eigenvalue weighted by Gasteiger charge is -2.55. The van der Waals surface area contributed by atoms with E-state index in [2.05, 4.69) is 0 Å². The Kier molecular flexibility index (Phi) is 8.22. The summed E-state index contributed by atoms with van der Waals surface area (Å²) in [4.78, 5) is 14.6. The number of carbonyl (C=O) groups is 1. The molecule has 2 aliphatic carbocycles. The van der Waals surface area contributed by atoms with Gasteiger partial charge in [-0.15, -0.1) is 11.8 Å². The molecular weight excluding hydrogens is 524 g/mol. The van der Waals surface area contributed by atoms with Gasteiger partial charge >= 0.3 is 0 Å². The molecule has 0 saturated carbocycles. The Labute approximate surface area is 239 Å². The van der Waals surface area contributed by atoms with Crippen LogP contribution in [-0.2, 0) is 20.9 Å². The highest BCUT2D eigenvalue weighted by Gasteiger charge is 2.61. The second-order valence-corrected chi connectivity index (χ2v) is 12.2. The van der Waals surface area contributed by atoms with Crippen molar-refractivity contribution in [2.45, 2.75) is 61.8 Å². The molecule has 0 aromatic heterocycles. The van der Waals surface area contributed by atoms with Crippen molar-refractivity contribution in [2.24, 2.45) is 5.41 Å². The van der Waals surface area contributed by atoms with Gasteiger partial charge in [-0.25, -0.2) is 0 Å². The van der Waals surface area contributed by atoms with E-state index in [9.17, 15) is 20.1 Å². The van der Waals surface area contributed by atoms with Crippen LogP contribution in [0, 0.1) is 5.41 Å². The number of thioether (sulfide) groups is 1. The molecular formula is C33H36O6S. The Morgan fingerprint density at radius 1 is 0.950 bits per heavy atom. The summed E-state index contributed by atoms with van der Waals surface area (Å²) in [5.41, 5.74) is 0.743. The summed E-state index contributed by atoms with van der Waals surface area (Å²) in [7, 11) is 0. The van der Waals surface area contributed by atoms with Crippen molar-refractivity contribution in [3.8, 4) is 5.75 Å². The van der Waals surface area contributed by atoms with Crippen molar-refractivity contribution >= 4 is 17.5 Å². The van der Waals surface area contributed by atoms with E-state index in [1.807, 2.05) is 87.5 Å². The van der Waals surface area contributed by atoms with Crippen molar-refractivity contribution in [1.82, 2.24) is 0 Å². The maximum atomic E-state index is 13.7. The Morgan fingerprint density at radius 2 is 1.62 bits per heavy atom. The maximum Gasteiger partial charge on any atom is 0.161 e. The Bertz CT molecular complexity index is 1390. The lowest BCUT2D eigenvalue weighted by atomic mass is 9.56. The molecule has 0 saturated heterocycles. The molecule has 4 atom stereocenters. The van der Waals surface area contributed by atoms with Crippen LogP contribution in [-0.4, -0.2) is 45.2 Å². The summed E-state index contributed by atoms with van der Waals surface area (Å²) in [6, 6.07) is 24.7. The highest BCUT2D eigenvalue weighted by atomic mass is 32.2. The van der Waals surface area contributed by atoms with E-state index in [-0.39, 0.29) is 37.8 Å². The van der Waals surface area contributed by atoms with E-state index in [0.717, 1.165) is 16.0 Å². The minimum Gasteiger partial charge on any atom is -0.508 e. The van der Waals surface area contributed by atoms with E-state index < -0.39 is 28.5 Å². The van der Waals surface area contributed by atoms with Crippen LogP contribution in [0.1, 0.15) is 56.1 Å². The van der Waals surface area contributed by atoms with Gasteiger partial charge in [-0.05, 0) is 47.4 Å². The van der Waals surface area contributed by atoms with Crippen molar-refractivity contribution in [1.29, 1.82) is 0 Å². The third-order valence-corrected chi connectivity index (χ3v) is 9.62. The molecule has 0 aliphatic heterocycles. The smallest absolute Gasteiger partial charge is 0.161 e. The van der Waals surface area contributed by atoms with Gasteiger partial charge in [0.2, 0.25) is 0 Å². The number of phenols is 1. The molecule has 0 radical (unpaired) electrons. The number of aliphatic hydroxyl groups excluding tert-OH is 1. The predicted octanol–water partition coefficient (Wildman–Crippen LogP) is 5.92. The zero-order chi connectivity index (χ0) is 28.5. The van der Waals surface area contributed by atoms with Crippen LogP contribution in [0.4, 0.5) is 0 Å². The monoisotopic (exact) mass is 560 g/mol. The minimum atomic E-state index is -1.67. The molecule has 210 valence electrons. The van der Waals surface area contributed by atoms with E-state index >= 15 is 0 Å². The zero-order valence-corrected chi connectivity index (χ0v) is 23.9. The summed E-state index contributed by atoms with van der Waals surface area (Å²) >= 11 is 1.55. The molecule has 0 spiro atoms. The highest BCUT2D eigenvalue weighted by molar-refractivity contribution is 8.00. The summed E-state index contributed by atoms with van der Waals surface area (Å²) < 4.78 is 12.9. The summed E-state index contributed by atoms with van der Waals surface area (Å²) in [6.45, 7) is 5.77. The number of aliphatic hydroxyl groups is 2. The zero-order valence-electron chi connectivity index (χ0n) is 23.0. The van der Waals surface area contributed by atoms with E-state index in [1.165, 1.54) is 0 Å². The summed E-state index contributed by atoms with van der Waals surface area (Å²) in [6.07, 6.45) is -1.83. The van der Waals surface area contributed by atoms with Crippen molar-refractivity contribution in [3.05, 3.63) is 107 Å². The van der Waals surface area contributed by atoms with Gasteiger partial charge in [0.25, 0.3) is 0 Å². The molecule has 0 heterocycles. The number of Topliss-reactive ketones (excluding diaryl/α,β-unsaturated/α-hetero) is 1. The summed E-state index contributed by atoms with van der Waals surface area (Å²) in [5, 5.41) is 33.4. The molecule has 5 rings (SSSR count). The predicted molar refractivity (Wildman–Crippen MR) is 155 cm³/mol. The van der Waals surface area contributed by atoms with Gasteiger partial charge in [0.1, 0.15) is 17.5 Å². The van der Waals surface area contributed by atoms with Crippen LogP contribution in [0.3, 0.4) is 0 Å². The SMILES string of the molecule is CC1=C2[C@@H](Sc3ccccc3)[C@H](OCCO)c3cccc(O)c3[C@H](OCc3ccccc3)[C@](O)(CC1=O)C2(C)C. The maximum absolute atomic E-state index is 13.7. The number of phenolic OH excluding ortho intramolecular Hbond substituents is 1. The number of allylic oxidation sites excluding steroid dienone is 1. The molecule has 0 fully saturated rings. The molecule has 0 unspecified atom stereocenters. The third-order valence-electron chi connectivity index (χ3n) is 8.34. The van der Waals surface area contributed by atoms with Crippen LogP contribution in [0.15, 0.2) is 94.9 Å². The first-order valence-corrected chi connectivity index (χ1v) is 14.4. The number of ketones is 1. The fourth-order valence-corrected chi connectivity index (χ4v) is 7.74. The van der Waals surface area contributed by atoms with E-state index in [0.29, 0.717) is 16.7 Å². The molecule has 40 heavy (non-hydrogen) atoms. The van der Waals surface area contributed by atoms with E-state index in [4.69, 9.17) is 9.47 Å². The molecule has 3 aromatic carbocycles. The fraction of sp³-hybridized carbons (Fsp3) is 0.364. The van der Waals surface area contributed by atoms with Crippen LogP contribution in [0.2, 0.25) is 0 Å². The van der Waals surface area contributed by atoms with Crippen LogP contribution >= 0.6 is 11.8 Å². The molecule has 2 bridgehead atoms. The molecule has 0 amide bonds. The Hall–Kier alpha value is -2.94. The lowest BCUT2D eigenvalue weighted by Crippen LogP contribution is -2.58. The topological polar surface area (TPSA) is 96.2 Å². The number of hydrogen-bond donors (Lipinski definition) is 3. The number of benzene rings is 3. The van der Waals surface area contributed by atoms with Gasteiger partial charge in [0, 0.05) is 22.3 Å². The summed E-state index contributed by atoms with van der Waals surface area (Å²) in [5.74, 6) is -0.202. The van der Waals surface area contributed by atoms with Crippen molar-refractivity contribution in [2.75, 3.05) is 13.2 Å². The normalized spacial score (nSPS) is 25.7. The van der Waals surface area contributed by atoms with E-state index in [1.54, 1.807) is 23.9 Å². The number of aromatic hydroxyl groups is 1. The fourth-order valence-electron chi connectivity index (χ4n) is 6.20. The average molecular weight is 561 g/mol. The lowest BCUT2D eigenvalue weighted by molar-refractivity contribution is -0.181. The van der Waals surface area contributed by atoms with Gasteiger partial charge in [-0.2, -0.15) is 0 Å². The highest BCUT2D eigenvalue weighted by Crippen LogP contribution is 2.61. The number of fused-ring (bicyclic) bond motifs is 3. The quantitative estimate of drug-likeness (QED) is 0.315. The van der Waals surface area contributed by atoms with Crippen LogP contribution in [0.5, 0.6) is 5.75 Å². The molecule has 3 aromatic rings. The Balaban J connectivity index is 1.77. The van der Waals surface area contributed by atoms with Crippen molar-refractivity contribution in [3.63, 3.8) is 0 Å². The Morgan fingerprint density at radius 3 is 2.30 bits per heavy atom. The number of hydrogen-bond acceptors (Lipinski definition) is 7. The largest absolute Gasteiger partial charge is 0.508 e. The molecule has 7 heteroatoms. The van der Waals surface area contributed by atoms with Gasteiger partial charge in [-0.3, -0.25) is 4.79 Å². The van der Waals surface area contributed by atoms with Gasteiger partial charge in [0.05, 0.1) is 31.2 Å². The first-order valence-electron chi connectivity index (χ1n) is 13.6. The molecule has 6 nitrogen and oxygen atoms in total. The third kappa shape index (κ3) is 5.01. The standard InChI is InChI=1S/C33H36O6S/c1-21-26(36)19-33(37)31(39-20-22-11-6-4-7-12-22)27-24(15-10-16-25(27)35)29(38-18-17-34)30(28(21)32(33,2)3)40-23-13-8-5-9-14-23/h4-16,29-31,34-35,37H,17-20H2,1-3H3/t29-,30-,31+,33-/m1/s1. The second kappa shape index (κ2) is 11.5. The van der Waals surface area contributed by atoms with Gasteiger partial charge in [0.15, 0.2) is 5.78 Å². The van der Waals surface area contributed by atoms with Gasteiger partial charge in [-0.1, -0.05) is 74.5 Å². The van der Waals surface area contributed by atoms with Crippen molar-refractivity contribution < 1.29 is 29.6 Å². The average Bonchev–Trinajstić information content (AvgIpc) is 2.94. The molecule has 2 aliphatic rings. The van der Waals surface area contributed by atoms with Crippen LogP contribution < -0.4 is 0 Å².